The van der Waals surface area contributed by atoms with E-state index in [2.05, 4.69) is 10.1 Å². The van der Waals surface area contributed by atoms with Crippen LogP contribution in [-0.2, 0) is 0 Å². The summed E-state index contributed by atoms with van der Waals surface area (Å²) >= 11 is 0. The van der Waals surface area contributed by atoms with Crippen molar-refractivity contribution < 1.29 is 10.0 Å². The first-order chi connectivity index (χ1) is 11.0. The zero-order chi connectivity index (χ0) is 17.0. The number of aromatic nitrogens is 2. The summed E-state index contributed by atoms with van der Waals surface area (Å²) in [5, 5.41) is 22.4. The highest BCUT2D eigenvalue weighted by atomic mass is 16.6. The molecule has 1 heterocycles. The molecule has 122 valence electrons. The summed E-state index contributed by atoms with van der Waals surface area (Å²) in [6, 6.07) is 5.72. The van der Waals surface area contributed by atoms with Crippen molar-refractivity contribution >= 4 is 11.4 Å². The van der Waals surface area contributed by atoms with Crippen molar-refractivity contribution in [3.63, 3.8) is 0 Å². The van der Waals surface area contributed by atoms with Crippen LogP contribution >= 0.6 is 0 Å². The van der Waals surface area contributed by atoms with Crippen molar-refractivity contribution in [3.05, 3.63) is 56.0 Å². The Balaban J connectivity index is 2.39. The first-order valence-corrected chi connectivity index (χ1v) is 7.14. The summed E-state index contributed by atoms with van der Waals surface area (Å²) in [5.74, 6) is 0. The van der Waals surface area contributed by atoms with Crippen molar-refractivity contribution in [2.45, 2.75) is 20.3 Å². The molecular formula is C15H18N4O4. The molecule has 0 aliphatic rings. The number of nitrogens with zero attached hydrogens (tertiary/aromatic N) is 3. The lowest BCUT2D eigenvalue weighted by molar-refractivity contribution is -0.384. The number of hydrogen-bond donors (Lipinski definition) is 2. The number of aliphatic hydroxyl groups excluding tert-OH is 1. The number of hydrogen-bond acceptors (Lipinski definition) is 5. The Bertz CT molecular complexity index is 787. The topological polar surface area (TPSA) is 114 Å². The van der Waals surface area contributed by atoms with Crippen LogP contribution in [0.25, 0.3) is 5.69 Å². The SMILES string of the molecule is CC(=NCCCO)c1c(C)[nH]n(-c2ccc([N+](=O)[O-])cc2)c1=O. The number of nitrogens with one attached hydrogen (secondary N) is 1. The Morgan fingerprint density at radius 3 is 2.61 bits per heavy atom. The van der Waals surface area contributed by atoms with Gasteiger partial charge in [0.15, 0.2) is 0 Å². The van der Waals surface area contributed by atoms with Crippen LogP contribution in [0.1, 0.15) is 24.6 Å². The van der Waals surface area contributed by atoms with E-state index in [9.17, 15) is 14.9 Å². The van der Waals surface area contributed by atoms with Gasteiger partial charge in [0.25, 0.3) is 11.2 Å². The Morgan fingerprint density at radius 2 is 2.04 bits per heavy atom. The van der Waals surface area contributed by atoms with Crippen LogP contribution in [-0.4, -0.2) is 38.7 Å². The summed E-state index contributed by atoms with van der Waals surface area (Å²) in [4.78, 5) is 27.0. The van der Waals surface area contributed by atoms with Gasteiger partial charge in [-0.05, 0) is 32.4 Å². The van der Waals surface area contributed by atoms with E-state index < -0.39 is 4.92 Å². The molecule has 0 fully saturated rings. The summed E-state index contributed by atoms with van der Waals surface area (Å²) in [7, 11) is 0. The van der Waals surface area contributed by atoms with Crippen LogP contribution < -0.4 is 5.56 Å². The molecule has 23 heavy (non-hydrogen) atoms. The second-order valence-corrected chi connectivity index (χ2v) is 5.07. The molecule has 0 unspecified atom stereocenters. The minimum absolute atomic E-state index is 0.0351. The lowest BCUT2D eigenvalue weighted by Gasteiger charge is -2.00. The van der Waals surface area contributed by atoms with E-state index in [4.69, 9.17) is 5.11 Å². The van der Waals surface area contributed by atoms with E-state index in [1.807, 2.05) is 0 Å². The number of rotatable bonds is 6. The molecular weight excluding hydrogens is 300 g/mol. The van der Waals surface area contributed by atoms with Gasteiger partial charge in [-0.1, -0.05) is 0 Å². The molecule has 8 heteroatoms. The average Bonchev–Trinajstić information content (AvgIpc) is 2.82. The highest BCUT2D eigenvalue weighted by Crippen LogP contribution is 2.14. The molecule has 2 aromatic rings. The Morgan fingerprint density at radius 1 is 1.39 bits per heavy atom. The first kappa shape index (κ1) is 16.6. The molecule has 2 rings (SSSR count). The maximum absolute atomic E-state index is 12.6. The lowest BCUT2D eigenvalue weighted by Crippen LogP contribution is -2.19. The fraction of sp³-hybridized carbons (Fsp3) is 0.333. The molecule has 1 aromatic heterocycles. The highest BCUT2D eigenvalue weighted by molar-refractivity contribution is 5.99. The van der Waals surface area contributed by atoms with Gasteiger partial charge in [-0.25, -0.2) is 4.68 Å². The summed E-state index contributed by atoms with van der Waals surface area (Å²) in [6.07, 6.45) is 0.539. The smallest absolute Gasteiger partial charge is 0.280 e. The molecule has 0 radical (unpaired) electrons. The molecule has 0 amide bonds. The number of nitro groups is 1. The third-order valence-electron chi connectivity index (χ3n) is 3.42. The van der Waals surface area contributed by atoms with Crippen molar-refractivity contribution in [2.75, 3.05) is 13.2 Å². The van der Waals surface area contributed by atoms with Gasteiger partial charge in [0.2, 0.25) is 0 Å². The van der Waals surface area contributed by atoms with Crippen molar-refractivity contribution in [3.8, 4) is 5.69 Å². The standard InChI is InChI=1S/C15H18N4O4/c1-10(16-8-3-9-20)14-11(2)17-18(15(14)21)12-4-6-13(7-5-12)19(22)23/h4-7,17,20H,3,8-9H2,1-2H3. The van der Waals surface area contributed by atoms with Crippen LogP contribution in [0, 0.1) is 17.0 Å². The second-order valence-electron chi connectivity index (χ2n) is 5.07. The molecule has 0 saturated carbocycles. The van der Waals surface area contributed by atoms with Crippen LogP contribution in [0.5, 0.6) is 0 Å². The fourth-order valence-corrected chi connectivity index (χ4v) is 2.27. The second kappa shape index (κ2) is 7.01. The van der Waals surface area contributed by atoms with Crippen molar-refractivity contribution in [1.82, 2.24) is 9.78 Å². The maximum Gasteiger partial charge on any atom is 0.280 e. The van der Waals surface area contributed by atoms with Gasteiger partial charge in [-0.2, -0.15) is 0 Å². The van der Waals surface area contributed by atoms with Crippen molar-refractivity contribution in [2.24, 2.45) is 4.99 Å². The zero-order valence-corrected chi connectivity index (χ0v) is 12.9. The third kappa shape index (κ3) is 3.54. The van der Waals surface area contributed by atoms with Crippen LogP contribution in [0.4, 0.5) is 5.69 Å². The predicted molar refractivity (Wildman–Crippen MR) is 86.6 cm³/mol. The highest BCUT2D eigenvalue weighted by Gasteiger charge is 2.15. The quantitative estimate of drug-likeness (QED) is 0.364. The average molecular weight is 318 g/mol. The first-order valence-electron chi connectivity index (χ1n) is 7.14. The number of non-ortho nitro benzene ring substituents is 1. The Labute approximate surface area is 132 Å². The molecule has 0 saturated heterocycles. The number of nitro benzene ring substituents is 1. The zero-order valence-electron chi connectivity index (χ0n) is 12.9. The number of H-pyrrole nitrogens is 1. The van der Waals surface area contributed by atoms with Gasteiger partial charge < -0.3 is 5.11 Å². The van der Waals surface area contributed by atoms with Crippen LogP contribution in [0.3, 0.4) is 0 Å². The minimum atomic E-state index is -0.490. The van der Waals surface area contributed by atoms with Gasteiger partial charge >= 0.3 is 0 Å². The van der Waals surface area contributed by atoms with E-state index in [0.29, 0.717) is 35.6 Å². The molecule has 0 atom stereocenters. The molecule has 0 aliphatic heterocycles. The van der Waals surface area contributed by atoms with E-state index in [1.165, 1.54) is 28.9 Å². The van der Waals surface area contributed by atoms with E-state index in [-0.39, 0.29) is 17.9 Å². The summed E-state index contributed by atoms with van der Waals surface area (Å²) in [5.41, 5.74) is 1.95. The summed E-state index contributed by atoms with van der Waals surface area (Å²) < 4.78 is 1.33. The molecule has 0 spiro atoms. The minimum Gasteiger partial charge on any atom is -0.396 e. The largest absolute Gasteiger partial charge is 0.396 e. The molecule has 0 aliphatic carbocycles. The molecule has 1 aromatic carbocycles. The fourth-order valence-electron chi connectivity index (χ4n) is 2.27. The van der Waals surface area contributed by atoms with Gasteiger partial charge in [-0.15, -0.1) is 0 Å². The maximum atomic E-state index is 12.6. The van der Waals surface area contributed by atoms with E-state index in [1.54, 1.807) is 13.8 Å². The number of aliphatic hydroxyl groups is 1. The number of aromatic amines is 1. The van der Waals surface area contributed by atoms with Crippen molar-refractivity contribution in [1.29, 1.82) is 0 Å². The molecule has 8 nitrogen and oxygen atoms in total. The van der Waals surface area contributed by atoms with Crippen LogP contribution in [0.15, 0.2) is 34.1 Å². The van der Waals surface area contributed by atoms with Crippen LogP contribution in [0.2, 0.25) is 0 Å². The molecule has 0 bridgehead atoms. The normalized spacial score (nSPS) is 11.7. The number of aliphatic imine (C=N–C) groups is 1. The number of benzene rings is 1. The monoisotopic (exact) mass is 318 g/mol. The number of aryl methyl sites for hydroxylation is 1. The van der Waals surface area contributed by atoms with Gasteiger partial charge in [0.05, 0.1) is 16.2 Å². The predicted octanol–water partition coefficient (Wildman–Crippen LogP) is 1.57. The van der Waals surface area contributed by atoms with E-state index >= 15 is 0 Å². The van der Waals surface area contributed by atoms with Gasteiger partial charge in [0, 0.05) is 36.7 Å². The van der Waals surface area contributed by atoms with Gasteiger partial charge in [0.1, 0.15) is 0 Å². The van der Waals surface area contributed by atoms with E-state index in [0.717, 1.165) is 0 Å². The Hall–Kier alpha value is -2.74. The third-order valence-corrected chi connectivity index (χ3v) is 3.42. The summed E-state index contributed by atoms with van der Waals surface area (Å²) in [6.45, 7) is 4.01. The van der Waals surface area contributed by atoms with Gasteiger partial charge in [-0.3, -0.25) is 25.0 Å². The Kier molecular flexibility index (Phi) is 5.07. The lowest BCUT2D eigenvalue weighted by atomic mass is 10.2. The molecule has 2 N–H and O–H groups in total.